The predicted molar refractivity (Wildman–Crippen MR) is 134 cm³/mol. The maximum absolute atomic E-state index is 13.1. The van der Waals surface area contributed by atoms with Crippen molar-refractivity contribution in [1.29, 1.82) is 0 Å². The summed E-state index contributed by atoms with van der Waals surface area (Å²) in [6.45, 7) is 10.9. The van der Waals surface area contributed by atoms with Gasteiger partial charge in [0.15, 0.2) is 5.65 Å². The molecule has 1 aromatic carbocycles. The molecule has 1 aliphatic heterocycles. The average Bonchev–Trinajstić information content (AvgIpc) is 3.20. The summed E-state index contributed by atoms with van der Waals surface area (Å²) < 4.78 is 41.1. The SMILES string of the molecule is Cc1nc2cc(-c3ccc(C(F)(F)F)cc3Cl)nn2c(N2CCCC(C(=O)O)(C(C)C)C2)c1C(C)C. The van der Waals surface area contributed by atoms with Crippen molar-refractivity contribution < 1.29 is 23.1 Å². The van der Waals surface area contributed by atoms with Gasteiger partial charge in [0.25, 0.3) is 0 Å². The van der Waals surface area contributed by atoms with E-state index >= 15 is 0 Å². The predicted octanol–water partition coefficient (Wildman–Crippen LogP) is 6.83. The zero-order valence-corrected chi connectivity index (χ0v) is 21.7. The smallest absolute Gasteiger partial charge is 0.416 e. The highest BCUT2D eigenvalue weighted by Crippen LogP contribution is 2.42. The molecule has 1 atom stereocenters. The van der Waals surface area contributed by atoms with Crippen molar-refractivity contribution in [2.45, 2.75) is 59.6 Å². The van der Waals surface area contributed by atoms with Gasteiger partial charge in [-0.15, -0.1) is 0 Å². The molecule has 10 heteroatoms. The molecular formula is C26H30ClF3N4O2. The first-order valence-corrected chi connectivity index (χ1v) is 12.4. The van der Waals surface area contributed by atoms with Crippen molar-refractivity contribution in [3.05, 3.63) is 46.1 Å². The molecule has 0 aliphatic carbocycles. The molecule has 1 fully saturated rings. The van der Waals surface area contributed by atoms with Gasteiger partial charge in [0, 0.05) is 36.0 Å². The number of carbonyl (C=O) groups is 1. The number of hydrogen-bond donors (Lipinski definition) is 1. The Morgan fingerprint density at radius 3 is 2.44 bits per heavy atom. The van der Waals surface area contributed by atoms with Crippen LogP contribution in [0.4, 0.5) is 19.0 Å². The number of halogens is 4. The molecule has 194 valence electrons. The lowest BCUT2D eigenvalue weighted by Gasteiger charge is -2.44. The molecule has 4 rings (SSSR count). The van der Waals surface area contributed by atoms with E-state index in [4.69, 9.17) is 21.7 Å². The number of rotatable bonds is 5. The number of nitrogens with zero attached hydrogens (tertiary/aromatic N) is 4. The zero-order valence-electron chi connectivity index (χ0n) is 20.9. The van der Waals surface area contributed by atoms with E-state index in [1.54, 1.807) is 10.6 Å². The molecule has 0 spiro atoms. The highest BCUT2D eigenvalue weighted by Gasteiger charge is 2.46. The quantitative estimate of drug-likeness (QED) is 0.398. The summed E-state index contributed by atoms with van der Waals surface area (Å²) in [6, 6.07) is 4.90. The maximum Gasteiger partial charge on any atom is 0.416 e. The summed E-state index contributed by atoms with van der Waals surface area (Å²) in [7, 11) is 0. The van der Waals surface area contributed by atoms with Crippen LogP contribution in [0.2, 0.25) is 5.02 Å². The third-order valence-electron chi connectivity index (χ3n) is 7.31. The lowest BCUT2D eigenvalue weighted by molar-refractivity contribution is -0.152. The van der Waals surface area contributed by atoms with Crippen molar-refractivity contribution in [1.82, 2.24) is 14.6 Å². The van der Waals surface area contributed by atoms with Gasteiger partial charge < -0.3 is 10.0 Å². The number of benzene rings is 1. The van der Waals surface area contributed by atoms with Gasteiger partial charge in [0.2, 0.25) is 0 Å². The van der Waals surface area contributed by atoms with Gasteiger partial charge in [-0.2, -0.15) is 22.8 Å². The van der Waals surface area contributed by atoms with Crippen molar-refractivity contribution >= 4 is 29.0 Å². The van der Waals surface area contributed by atoms with Crippen LogP contribution in [0.15, 0.2) is 24.3 Å². The Labute approximate surface area is 213 Å². The number of aryl methyl sites for hydroxylation is 1. The van der Waals surface area contributed by atoms with Crippen molar-refractivity contribution in [3.8, 4) is 11.3 Å². The van der Waals surface area contributed by atoms with Crippen LogP contribution < -0.4 is 4.90 Å². The second kappa shape index (κ2) is 9.25. The minimum absolute atomic E-state index is 0.0572. The Balaban J connectivity index is 1.90. The molecule has 0 bridgehead atoms. The van der Waals surface area contributed by atoms with E-state index in [0.717, 1.165) is 29.2 Å². The zero-order chi connectivity index (χ0) is 26.6. The number of aromatic nitrogens is 3. The van der Waals surface area contributed by atoms with Gasteiger partial charge in [-0.05, 0) is 43.7 Å². The number of piperidine rings is 1. The average molecular weight is 523 g/mol. The summed E-state index contributed by atoms with van der Waals surface area (Å²) in [5.41, 5.74) is 1.31. The normalized spacial score (nSPS) is 19.0. The van der Waals surface area contributed by atoms with Crippen LogP contribution >= 0.6 is 11.6 Å². The monoisotopic (exact) mass is 522 g/mol. The van der Waals surface area contributed by atoms with E-state index in [-0.39, 0.29) is 16.9 Å². The van der Waals surface area contributed by atoms with Crippen LogP contribution in [0.1, 0.15) is 63.3 Å². The molecule has 6 nitrogen and oxygen atoms in total. The van der Waals surface area contributed by atoms with Gasteiger partial charge in [-0.25, -0.2) is 4.98 Å². The largest absolute Gasteiger partial charge is 0.481 e. The Morgan fingerprint density at radius 1 is 1.19 bits per heavy atom. The highest BCUT2D eigenvalue weighted by atomic mass is 35.5. The van der Waals surface area contributed by atoms with E-state index in [0.29, 0.717) is 42.8 Å². The molecule has 3 heterocycles. The number of carboxylic acid groups (broad SMARTS) is 1. The second-order valence-electron chi connectivity index (χ2n) is 10.2. The lowest BCUT2D eigenvalue weighted by Crippen LogP contribution is -2.51. The van der Waals surface area contributed by atoms with Crippen LogP contribution in [0.3, 0.4) is 0 Å². The van der Waals surface area contributed by atoms with Crippen molar-refractivity contribution in [2.24, 2.45) is 11.3 Å². The molecule has 1 N–H and O–H groups in total. The van der Waals surface area contributed by atoms with Crippen molar-refractivity contribution in [3.63, 3.8) is 0 Å². The molecule has 0 saturated carbocycles. The Morgan fingerprint density at radius 2 is 1.89 bits per heavy atom. The summed E-state index contributed by atoms with van der Waals surface area (Å²) in [5.74, 6) is -0.0296. The molecule has 0 radical (unpaired) electrons. The number of carboxylic acids is 1. The number of fused-ring (bicyclic) bond motifs is 1. The van der Waals surface area contributed by atoms with Gasteiger partial charge in [0.1, 0.15) is 5.82 Å². The van der Waals surface area contributed by atoms with E-state index in [2.05, 4.69) is 4.90 Å². The molecule has 1 saturated heterocycles. The van der Waals surface area contributed by atoms with Crippen LogP contribution in [0.25, 0.3) is 16.9 Å². The summed E-state index contributed by atoms with van der Waals surface area (Å²) in [6.07, 6.45) is -3.20. The highest BCUT2D eigenvalue weighted by molar-refractivity contribution is 6.33. The number of hydrogen-bond acceptors (Lipinski definition) is 4. The van der Waals surface area contributed by atoms with E-state index in [1.807, 2.05) is 34.6 Å². The molecule has 1 aliphatic rings. The first-order chi connectivity index (χ1) is 16.8. The molecule has 36 heavy (non-hydrogen) atoms. The minimum Gasteiger partial charge on any atom is -0.481 e. The Bertz CT molecular complexity index is 1320. The summed E-state index contributed by atoms with van der Waals surface area (Å²) in [4.78, 5) is 19.2. The van der Waals surface area contributed by atoms with Crippen molar-refractivity contribution in [2.75, 3.05) is 18.0 Å². The van der Waals surface area contributed by atoms with Crippen LogP contribution in [-0.4, -0.2) is 38.8 Å². The lowest BCUT2D eigenvalue weighted by atomic mass is 9.71. The molecule has 2 aromatic heterocycles. The fourth-order valence-corrected chi connectivity index (χ4v) is 5.56. The van der Waals surface area contributed by atoms with E-state index in [9.17, 15) is 23.1 Å². The fraction of sp³-hybridized carbons (Fsp3) is 0.500. The second-order valence-corrected chi connectivity index (χ2v) is 10.6. The third kappa shape index (κ3) is 4.42. The van der Waals surface area contributed by atoms with Gasteiger partial charge >= 0.3 is 12.1 Å². The summed E-state index contributed by atoms with van der Waals surface area (Å²) >= 11 is 6.26. The molecule has 3 aromatic rings. The fourth-order valence-electron chi connectivity index (χ4n) is 5.28. The number of alkyl halides is 3. The summed E-state index contributed by atoms with van der Waals surface area (Å²) in [5, 5.41) is 14.9. The molecular weight excluding hydrogens is 493 g/mol. The minimum atomic E-state index is -4.50. The maximum atomic E-state index is 13.1. The Hall–Kier alpha value is -2.81. The van der Waals surface area contributed by atoms with E-state index in [1.165, 1.54) is 6.07 Å². The van der Waals surface area contributed by atoms with Crippen LogP contribution in [0, 0.1) is 18.3 Å². The number of aliphatic carboxylic acids is 1. The van der Waals surface area contributed by atoms with Gasteiger partial charge in [0.05, 0.1) is 21.7 Å². The molecule has 0 amide bonds. The van der Waals surface area contributed by atoms with Crippen LogP contribution in [-0.2, 0) is 11.0 Å². The Kier molecular flexibility index (Phi) is 6.75. The first-order valence-electron chi connectivity index (χ1n) is 12.0. The topological polar surface area (TPSA) is 70.7 Å². The van der Waals surface area contributed by atoms with Gasteiger partial charge in [-0.3, -0.25) is 4.79 Å². The molecule has 1 unspecified atom stereocenters. The standard InChI is InChI=1S/C26H30ClF3N4O2/c1-14(2)22-16(5)31-21-12-20(18-8-7-17(11-19(18)27)26(28,29)30)32-34(21)23(22)33-10-6-9-25(13-33,15(3)4)24(35)36/h7-8,11-12,14-15H,6,9-10,13H2,1-5H3,(H,35,36). The first kappa shape index (κ1) is 26.3. The third-order valence-corrected chi connectivity index (χ3v) is 7.62. The van der Waals surface area contributed by atoms with Gasteiger partial charge in [-0.1, -0.05) is 45.4 Å². The number of anilines is 1. The van der Waals surface area contributed by atoms with Crippen LogP contribution in [0.5, 0.6) is 0 Å². The van der Waals surface area contributed by atoms with E-state index < -0.39 is 23.1 Å².